The fourth-order valence-electron chi connectivity index (χ4n) is 9.09. The lowest BCUT2D eigenvalue weighted by Crippen LogP contribution is -2.31. The number of unbranched alkanes of at least 4 members (excludes halogenated alkanes) is 4. The quantitative estimate of drug-likeness (QED) is 0.0165. The van der Waals surface area contributed by atoms with Crippen molar-refractivity contribution in [3.05, 3.63) is 130 Å². The van der Waals surface area contributed by atoms with E-state index < -0.39 is 38.2 Å². The number of non-ortho nitro benzene ring substituents is 1. The highest BCUT2D eigenvalue weighted by molar-refractivity contribution is 7.85. The summed E-state index contributed by atoms with van der Waals surface area (Å²) >= 11 is 0. The predicted molar refractivity (Wildman–Crippen MR) is 255 cm³/mol. The third-order valence-electron chi connectivity index (χ3n) is 12.8. The minimum Gasteiger partial charge on any atom is -0.344 e. The highest BCUT2D eigenvalue weighted by Crippen LogP contribution is 2.48. The Hall–Kier alpha value is -6.10. The summed E-state index contributed by atoms with van der Waals surface area (Å²) in [5.41, 5.74) is 6.22. The van der Waals surface area contributed by atoms with Gasteiger partial charge in [-0.1, -0.05) is 68.8 Å². The standard InChI is InChI=1S/C51H61N5O10S/c1-50(2)41-19-12-13-20-43(41)53(33-15-7-11-23-49(60)66-55-47(58)30-31-48(55)59)45(50)21-9-5-10-22-46-51(3,4)42-35-40(67(63,64)65)28-29-44(42)54(46)34-14-6-8-17-39(57)18-16-32-52-36-37-24-26-38(27-25-37)56(61)62/h5,9-10,12-13,19-22,24-29,35,52H,6-8,11,14-18,23,30-34,36H2,1-4H3/p+1. The molecule has 3 aliphatic rings. The number of hydrogen-bond donors (Lipinski definition) is 2. The van der Waals surface area contributed by atoms with Crippen molar-refractivity contribution in [1.29, 1.82) is 0 Å². The summed E-state index contributed by atoms with van der Waals surface area (Å²) < 4.78 is 36.6. The number of rotatable bonds is 24. The summed E-state index contributed by atoms with van der Waals surface area (Å²) in [6.45, 7) is 11.1. The Labute approximate surface area is 393 Å². The van der Waals surface area contributed by atoms with E-state index in [2.05, 4.69) is 46.8 Å². The van der Waals surface area contributed by atoms with E-state index in [0.717, 1.165) is 72.6 Å². The van der Waals surface area contributed by atoms with Crippen LogP contribution >= 0.6 is 0 Å². The molecule has 356 valence electrons. The molecular weight excluding hydrogens is 875 g/mol. The number of fused-ring (bicyclic) bond motifs is 2. The molecule has 6 rings (SSSR count). The first kappa shape index (κ1) is 50.3. The molecule has 16 heteroatoms. The Balaban J connectivity index is 1.06. The number of nitrogens with zero attached hydrogens (tertiary/aromatic N) is 4. The first-order chi connectivity index (χ1) is 31.9. The van der Waals surface area contributed by atoms with E-state index in [1.807, 2.05) is 50.3 Å². The molecule has 3 aromatic rings. The van der Waals surface area contributed by atoms with E-state index >= 15 is 0 Å². The highest BCUT2D eigenvalue weighted by Gasteiger charge is 2.44. The number of nitro groups is 1. The number of para-hydroxylation sites is 1. The number of anilines is 1. The average Bonchev–Trinajstić information content (AvgIpc) is 3.80. The molecule has 1 fully saturated rings. The van der Waals surface area contributed by atoms with Gasteiger partial charge < -0.3 is 15.1 Å². The zero-order valence-corrected chi connectivity index (χ0v) is 39.7. The third kappa shape index (κ3) is 12.5. The number of nitro benzene ring substituents is 1. The molecule has 0 aliphatic carbocycles. The van der Waals surface area contributed by atoms with Crippen LogP contribution in [0, 0.1) is 10.1 Å². The Kier molecular flexibility index (Phi) is 16.6. The van der Waals surface area contributed by atoms with Crippen LogP contribution < -0.4 is 10.2 Å². The first-order valence-corrected chi connectivity index (χ1v) is 24.6. The maximum absolute atomic E-state index is 12.7. The van der Waals surface area contributed by atoms with E-state index in [-0.39, 0.29) is 41.0 Å². The number of nitrogens with one attached hydrogen (secondary N) is 1. The van der Waals surface area contributed by atoms with Gasteiger partial charge in [0.05, 0.1) is 15.2 Å². The van der Waals surface area contributed by atoms with Crippen molar-refractivity contribution in [2.75, 3.05) is 24.5 Å². The van der Waals surface area contributed by atoms with Crippen molar-refractivity contribution in [2.24, 2.45) is 0 Å². The van der Waals surface area contributed by atoms with Crippen LogP contribution in [0.3, 0.4) is 0 Å². The van der Waals surface area contributed by atoms with Crippen molar-refractivity contribution < 1.29 is 46.5 Å². The monoisotopic (exact) mass is 936 g/mol. The number of imide groups is 1. The molecular formula is C51H62N5O10S+. The Morgan fingerprint density at radius 1 is 0.836 bits per heavy atom. The van der Waals surface area contributed by atoms with E-state index in [0.29, 0.717) is 50.4 Å². The van der Waals surface area contributed by atoms with Crippen molar-refractivity contribution in [1.82, 2.24) is 10.4 Å². The predicted octanol–water partition coefficient (Wildman–Crippen LogP) is 8.88. The van der Waals surface area contributed by atoms with Gasteiger partial charge in [-0.15, -0.1) is 5.06 Å². The summed E-state index contributed by atoms with van der Waals surface area (Å²) in [5.74, 6) is -1.36. The molecule has 0 atom stereocenters. The maximum Gasteiger partial charge on any atom is 0.333 e. The Morgan fingerprint density at radius 3 is 2.24 bits per heavy atom. The summed E-state index contributed by atoms with van der Waals surface area (Å²) in [5, 5.41) is 14.8. The molecule has 0 saturated carbocycles. The lowest BCUT2D eigenvalue weighted by molar-refractivity contribution is -0.438. The van der Waals surface area contributed by atoms with Gasteiger partial charge in [0.15, 0.2) is 5.71 Å². The molecule has 2 amide bonds. The van der Waals surface area contributed by atoms with Gasteiger partial charge >= 0.3 is 5.97 Å². The van der Waals surface area contributed by atoms with Crippen LogP contribution in [0.25, 0.3) is 0 Å². The zero-order valence-electron chi connectivity index (χ0n) is 38.9. The van der Waals surface area contributed by atoms with Gasteiger partial charge in [0.1, 0.15) is 12.3 Å². The molecule has 0 spiro atoms. The summed E-state index contributed by atoms with van der Waals surface area (Å²) in [7, 11) is -4.42. The molecule has 3 aromatic carbocycles. The van der Waals surface area contributed by atoms with Gasteiger partial charge in [-0.05, 0) is 87.9 Å². The van der Waals surface area contributed by atoms with Gasteiger partial charge in [0, 0.05) is 98.3 Å². The van der Waals surface area contributed by atoms with Crippen LogP contribution in [-0.2, 0) is 51.5 Å². The fraction of sp³-hybridized carbons (Fsp3) is 0.431. The molecule has 2 N–H and O–H groups in total. The summed E-state index contributed by atoms with van der Waals surface area (Å²) in [4.78, 5) is 66.2. The number of carbonyl (C=O) groups excluding carboxylic acids is 4. The number of Topliss-reactive ketones (excluding diaryl/α,β-unsaturated/α-hetero) is 1. The summed E-state index contributed by atoms with van der Waals surface area (Å²) in [6.07, 6.45) is 16.5. The van der Waals surface area contributed by atoms with Gasteiger partial charge in [0.25, 0.3) is 27.6 Å². The van der Waals surface area contributed by atoms with E-state index in [4.69, 9.17) is 4.84 Å². The molecule has 67 heavy (non-hydrogen) atoms. The van der Waals surface area contributed by atoms with Crippen LogP contribution in [0.2, 0.25) is 0 Å². The summed E-state index contributed by atoms with van der Waals surface area (Å²) in [6, 6.07) is 19.5. The normalized spacial score (nSPS) is 17.1. The number of hydroxylamine groups is 2. The van der Waals surface area contributed by atoms with Crippen molar-refractivity contribution in [3.63, 3.8) is 0 Å². The second-order valence-corrected chi connectivity index (χ2v) is 19.7. The number of allylic oxidation sites excluding steroid dienone is 6. The molecule has 3 heterocycles. The second kappa shape index (κ2) is 22.1. The van der Waals surface area contributed by atoms with Crippen LogP contribution in [-0.4, -0.2) is 76.4 Å². The lowest BCUT2D eigenvalue weighted by atomic mass is 9.81. The third-order valence-corrected chi connectivity index (χ3v) is 13.6. The Bertz CT molecular complexity index is 2580. The van der Waals surface area contributed by atoms with Crippen molar-refractivity contribution >= 4 is 56.5 Å². The maximum atomic E-state index is 12.7. The number of ketones is 1. The first-order valence-electron chi connectivity index (χ1n) is 23.1. The fourth-order valence-corrected chi connectivity index (χ4v) is 9.60. The minimum absolute atomic E-state index is 0.0534. The van der Waals surface area contributed by atoms with Crippen LogP contribution in [0.5, 0.6) is 0 Å². The molecule has 3 aliphatic heterocycles. The molecule has 0 aromatic heterocycles. The number of benzene rings is 3. The van der Waals surface area contributed by atoms with E-state index in [9.17, 15) is 42.3 Å². The second-order valence-electron chi connectivity index (χ2n) is 18.3. The molecule has 0 bridgehead atoms. The largest absolute Gasteiger partial charge is 0.344 e. The smallest absolute Gasteiger partial charge is 0.333 e. The number of amides is 2. The number of carbonyl (C=O) groups is 4. The van der Waals surface area contributed by atoms with Gasteiger partial charge in [-0.2, -0.15) is 13.0 Å². The molecule has 0 radical (unpaired) electrons. The van der Waals surface area contributed by atoms with Gasteiger partial charge in [-0.3, -0.25) is 29.1 Å². The number of hydrogen-bond acceptors (Lipinski definition) is 11. The van der Waals surface area contributed by atoms with Crippen LogP contribution in [0.1, 0.15) is 121 Å². The van der Waals surface area contributed by atoms with E-state index in [1.54, 1.807) is 24.3 Å². The van der Waals surface area contributed by atoms with Crippen molar-refractivity contribution in [3.8, 4) is 0 Å². The van der Waals surface area contributed by atoms with Crippen molar-refractivity contribution in [2.45, 2.75) is 127 Å². The zero-order chi connectivity index (χ0) is 48.4. The van der Waals surface area contributed by atoms with Gasteiger partial charge in [-0.25, -0.2) is 4.79 Å². The molecule has 1 saturated heterocycles. The molecule has 15 nitrogen and oxygen atoms in total. The minimum atomic E-state index is -4.42. The molecule has 0 unspecified atom stereocenters. The van der Waals surface area contributed by atoms with Crippen LogP contribution in [0.15, 0.2) is 108 Å². The van der Waals surface area contributed by atoms with E-state index in [1.165, 1.54) is 23.8 Å². The average molecular weight is 937 g/mol. The highest BCUT2D eigenvalue weighted by atomic mass is 32.2. The lowest BCUT2D eigenvalue weighted by Gasteiger charge is -2.27. The Morgan fingerprint density at radius 2 is 1.52 bits per heavy atom. The van der Waals surface area contributed by atoms with Gasteiger partial charge in [0.2, 0.25) is 5.69 Å². The topological polar surface area (TPSA) is 197 Å². The SMILES string of the molecule is CC1(C)C(=CC=CC=CC2=[N+](CCCCCC(=O)ON3C(=O)CCC3=O)c3ccccc3C2(C)C)N(CCCCCC(=O)CCCNCc2ccc([N+](=O)[O-])cc2)c2ccc(S(=O)(=O)O)cc21. The van der Waals surface area contributed by atoms with Crippen LogP contribution in [0.4, 0.5) is 17.1 Å².